The van der Waals surface area contributed by atoms with Crippen LogP contribution in [0, 0.1) is 5.92 Å². The first-order valence-corrected chi connectivity index (χ1v) is 7.61. The maximum absolute atomic E-state index is 11.9. The second-order valence-corrected chi connectivity index (χ2v) is 5.78. The van der Waals surface area contributed by atoms with Gasteiger partial charge in [-0.3, -0.25) is 9.59 Å². The third-order valence-corrected chi connectivity index (χ3v) is 3.93. The number of hydrogen-bond acceptors (Lipinski definition) is 3. The molecule has 2 rings (SSSR count). The lowest BCUT2D eigenvalue weighted by molar-refractivity contribution is -0.143. The molecule has 1 heterocycles. The van der Waals surface area contributed by atoms with Crippen LogP contribution in [0.5, 0.6) is 0 Å². The van der Waals surface area contributed by atoms with E-state index in [9.17, 15) is 14.4 Å². The van der Waals surface area contributed by atoms with Crippen molar-refractivity contribution < 1.29 is 19.5 Å². The summed E-state index contributed by atoms with van der Waals surface area (Å²) < 4.78 is 0. The van der Waals surface area contributed by atoms with Crippen LogP contribution in [0.4, 0.5) is 4.79 Å². The van der Waals surface area contributed by atoms with Crippen LogP contribution in [-0.4, -0.2) is 53.6 Å². The Kier molecular flexibility index (Phi) is 5.41. The quantitative estimate of drug-likeness (QED) is 0.623. The molecule has 0 unspecified atom stereocenters. The standard InChI is InChI=1S/C14H23N3O4/c18-12(16-11-3-4-11)2-1-7-15-14(21)17-8-5-10(6-9-17)13(19)20/h10-11H,1-9H2,(H,15,21)(H,16,18)(H,19,20). The van der Waals surface area contributed by atoms with Crippen LogP contribution in [-0.2, 0) is 9.59 Å². The molecule has 21 heavy (non-hydrogen) atoms. The summed E-state index contributed by atoms with van der Waals surface area (Å²) in [5, 5.41) is 14.6. The van der Waals surface area contributed by atoms with E-state index in [0.29, 0.717) is 51.4 Å². The smallest absolute Gasteiger partial charge is 0.317 e. The Morgan fingerprint density at radius 3 is 2.33 bits per heavy atom. The van der Waals surface area contributed by atoms with E-state index in [1.807, 2.05) is 0 Å². The topological polar surface area (TPSA) is 98.7 Å². The van der Waals surface area contributed by atoms with Crippen molar-refractivity contribution in [1.82, 2.24) is 15.5 Å². The van der Waals surface area contributed by atoms with Crippen molar-refractivity contribution in [2.45, 2.75) is 44.6 Å². The number of rotatable bonds is 6. The Bertz CT molecular complexity index is 401. The first kappa shape index (κ1) is 15.6. The van der Waals surface area contributed by atoms with Gasteiger partial charge >= 0.3 is 12.0 Å². The number of nitrogens with one attached hydrogen (secondary N) is 2. The molecule has 0 atom stereocenters. The Morgan fingerprint density at radius 1 is 1.10 bits per heavy atom. The van der Waals surface area contributed by atoms with Gasteiger partial charge in [0.05, 0.1) is 5.92 Å². The summed E-state index contributed by atoms with van der Waals surface area (Å²) in [7, 11) is 0. The SMILES string of the molecule is O=C(CCCNC(=O)N1CCC(C(=O)O)CC1)NC1CC1. The number of hydrogen-bond donors (Lipinski definition) is 3. The highest BCUT2D eigenvalue weighted by molar-refractivity contribution is 5.77. The molecule has 0 aromatic rings. The van der Waals surface area contributed by atoms with Crippen LogP contribution in [0.25, 0.3) is 0 Å². The van der Waals surface area contributed by atoms with Crippen molar-refractivity contribution in [3.05, 3.63) is 0 Å². The van der Waals surface area contributed by atoms with E-state index in [2.05, 4.69) is 10.6 Å². The van der Waals surface area contributed by atoms with Gasteiger partial charge in [-0.15, -0.1) is 0 Å². The van der Waals surface area contributed by atoms with Gasteiger partial charge in [0.2, 0.25) is 5.91 Å². The summed E-state index contributed by atoms with van der Waals surface area (Å²) in [6, 6.07) is 0.212. The predicted octanol–water partition coefficient (Wildman–Crippen LogP) is 0.551. The Hall–Kier alpha value is -1.79. The van der Waals surface area contributed by atoms with Crippen LogP contribution >= 0.6 is 0 Å². The van der Waals surface area contributed by atoms with Crippen LogP contribution in [0.3, 0.4) is 0 Å². The highest BCUT2D eigenvalue weighted by atomic mass is 16.4. The van der Waals surface area contributed by atoms with E-state index in [1.165, 1.54) is 0 Å². The van der Waals surface area contributed by atoms with Gasteiger partial charge in [0.1, 0.15) is 0 Å². The lowest BCUT2D eigenvalue weighted by atomic mass is 9.97. The summed E-state index contributed by atoms with van der Waals surface area (Å²) in [6.07, 6.45) is 4.22. The van der Waals surface area contributed by atoms with E-state index in [4.69, 9.17) is 5.11 Å². The number of aliphatic carboxylic acids is 1. The van der Waals surface area contributed by atoms with Crippen LogP contribution in [0.2, 0.25) is 0 Å². The van der Waals surface area contributed by atoms with Gasteiger partial charge in [0.15, 0.2) is 0 Å². The monoisotopic (exact) mass is 297 g/mol. The van der Waals surface area contributed by atoms with E-state index in [0.717, 1.165) is 12.8 Å². The molecule has 0 aromatic carbocycles. The van der Waals surface area contributed by atoms with Gasteiger partial charge in [-0.25, -0.2) is 4.79 Å². The molecule has 1 saturated heterocycles. The van der Waals surface area contributed by atoms with Gasteiger partial charge in [-0.05, 0) is 32.1 Å². The molecular formula is C14H23N3O4. The van der Waals surface area contributed by atoms with Crippen molar-refractivity contribution in [3.63, 3.8) is 0 Å². The van der Waals surface area contributed by atoms with E-state index in [-0.39, 0.29) is 17.9 Å². The largest absolute Gasteiger partial charge is 0.481 e. The molecule has 0 aromatic heterocycles. The molecule has 118 valence electrons. The number of urea groups is 1. The highest BCUT2D eigenvalue weighted by Crippen LogP contribution is 2.19. The lowest BCUT2D eigenvalue weighted by Gasteiger charge is -2.30. The maximum Gasteiger partial charge on any atom is 0.317 e. The minimum Gasteiger partial charge on any atom is -0.481 e. The third-order valence-electron chi connectivity index (χ3n) is 3.93. The maximum atomic E-state index is 11.9. The average Bonchev–Trinajstić information content (AvgIpc) is 3.27. The Labute approximate surface area is 124 Å². The molecule has 0 radical (unpaired) electrons. The Morgan fingerprint density at radius 2 is 1.76 bits per heavy atom. The van der Waals surface area contributed by atoms with E-state index < -0.39 is 5.97 Å². The van der Waals surface area contributed by atoms with Crippen molar-refractivity contribution in [2.24, 2.45) is 5.92 Å². The zero-order valence-corrected chi connectivity index (χ0v) is 12.1. The zero-order valence-electron chi connectivity index (χ0n) is 12.1. The summed E-state index contributed by atoms with van der Waals surface area (Å²) in [5.74, 6) is -1.06. The number of piperidine rings is 1. The summed E-state index contributed by atoms with van der Waals surface area (Å²) in [4.78, 5) is 35.8. The van der Waals surface area contributed by atoms with Crippen LogP contribution < -0.4 is 10.6 Å². The molecule has 0 spiro atoms. The highest BCUT2D eigenvalue weighted by Gasteiger charge is 2.26. The number of carbonyl (C=O) groups excluding carboxylic acids is 2. The third kappa shape index (κ3) is 5.24. The van der Waals surface area contributed by atoms with Crippen LogP contribution in [0.15, 0.2) is 0 Å². The van der Waals surface area contributed by atoms with E-state index >= 15 is 0 Å². The fraction of sp³-hybridized carbons (Fsp3) is 0.786. The molecule has 1 aliphatic heterocycles. The lowest BCUT2D eigenvalue weighted by Crippen LogP contribution is -2.45. The summed E-state index contributed by atoms with van der Waals surface area (Å²) >= 11 is 0. The molecule has 1 aliphatic carbocycles. The Balaban J connectivity index is 1.55. The van der Waals surface area contributed by atoms with E-state index in [1.54, 1.807) is 4.90 Å². The summed E-state index contributed by atoms with van der Waals surface area (Å²) in [6.45, 7) is 1.42. The number of carbonyl (C=O) groups is 3. The van der Waals surface area contributed by atoms with Gasteiger partial charge in [-0.2, -0.15) is 0 Å². The molecule has 2 fully saturated rings. The second-order valence-electron chi connectivity index (χ2n) is 5.78. The van der Waals surface area contributed by atoms with Gasteiger partial charge < -0.3 is 20.6 Å². The molecule has 7 nitrogen and oxygen atoms in total. The van der Waals surface area contributed by atoms with Gasteiger partial charge in [0.25, 0.3) is 0 Å². The molecule has 1 saturated carbocycles. The molecule has 7 heteroatoms. The average molecular weight is 297 g/mol. The number of nitrogens with zero attached hydrogens (tertiary/aromatic N) is 1. The minimum atomic E-state index is -0.781. The number of carboxylic acids is 1. The van der Waals surface area contributed by atoms with Crippen molar-refractivity contribution in [1.29, 1.82) is 0 Å². The van der Waals surface area contributed by atoms with Crippen molar-refractivity contribution in [2.75, 3.05) is 19.6 Å². The predicted molar refractivity (Wildman–Crippen MR) is 75.7 cm³/mol. The molecule has 3 N–H and O–H groups in total. The fourth-order valence-corrected chi connectivity index (χ4v) is 2.41. The normalized spacial score (nSPS) is 19.1. The molecular weight excluding hydrogens is 274 g/mol. The zero-order chi connectivity index (χ0) is 15.2. The van der Waals surface area contributed by atoms with Gasteiger partial charge in [-0.1, -0.05) is 0 Å². The molecule has 3 amide bonds. The second kappa shape index (κ2) is 7.28. The minimum absolute atomic E-state index is 0.0500. The number of carboxylic acid groups (broad SMARTS) is 1. The van der Waals surface area contributed by atoms with Gasteiger partial charge in [0, 0.05) is 32.1 Å². The van der Waals surface area contributed by atoms with Crippen LogP contribution in [0.1, 0.15) is 38.5 Å². The fourth-order valence-electron chi connectivity index (χ4n) is 2.41. The molecule has 0 bridgehead atoms. The molecule has 2 aliphatic rings. The first-order chi connectivity index (χ1) is 10.1. The van der Waals surface area contributed by atoms with Crippen molar-refractivity contribution >= 4 is 17.9 Å². The summed E-state index contributed by atoms with van der Waals surface area (Å²) in [5.41, 5.74) is 0. The van der Waals surface area contributed by atoms with Crippen molar-refractivity contribution in [3.8, 4) is 0 Å². The number of amides is 3. The first-order valence-electron chi connectivity index (χ1n) is 7.61. The number of likely N-dealkylation sites (tertiary alicyclic amines) is 1.